The molecule has 1 atom stereocenters. The van der Waals surface area contributed by atoms with Crippen LogP contribution in [0.3, 0.4) is 0 Å². The molecular weight excluding hydrogens is 390 g/mol. The van der Waals surface area contributed by atoms with E-state index in [9.17, 15) is 13.2 Å². The van der Waals surface area contributed by atoms with E-state index in [2.05, 4.69) is 15.6 Å². The van der Waals surface area contributed by atoms with Crippen molar-refractivity contribution in [2.24, 2.45) is 5.92 Å². The summed E-state index contributed by atoms with van der Waals surface area (Å²) in [5.41, 5.74) is 1.55. The van der Waals surface area contributed by atoms with Gasteiger partial charge in [-0.05, 0) is 30.5 Å². The number of carbonyl (C=O) groups excluding carboxylic acids is 1. The van der Waals surface area contributed by atoms with E-state index in [1.807, 2.05) is 17.5 Å². The number of ether oxygens (including phenoxy) is 2. The average Bonchev–Trinajstić information content (AvgIpc) is 3.25. The summed E-state index contributed by atoms with van der Waals surface area (Å²) in [6, 6.07) is 5.08. The highest BCUT2D eigenvalue weighted by Crippen LogP contribution is 2.33. The second-order valence-electron chi connectivity index (χ2n) is 6.21. The zero-order chi connectivity index (χ0) is 19.4. The summed E-state index contributed by atoms with van der Waals surface area (Å²) in [4.78, 5) is 16.4. The summed E-state index contributed by atoms with van der Waals surface area (Å²) in [5.74, 6) is 1.53. The van der Waals surface area contributed by atoms with Gasteiger partial charge in [0.2, 0.25) is 0 Å². The van der Waals surface area contributed by atoms with E-state index in [1.54, 1.807) is 20.3 Å². The van der Waals surface area contributed by atoms with Crippen molar-refractivity contribution in [2.45, 2.75) is 6.42 Å². The monoisotopic (exact) mass is 411 g/mol. The van der Waals surface area contributed by atoms with E-state index >= 15 is 0 Å². The maximum absolute atomic E-state index is 12.0. The third-order valence-corrected chi connectivity index (χ3v) is 6.88. The third kappa shape index (κ3) is 4.89. The molecule has 2 heterocycles. The maximum atomic E-state index is 12.0. The summed E-state index contributed by atoms with van der Waals surface area (Å²) < 4.78 is 33.4. The standard InChI is InChI=1S/C17H21N3O5S2/c1-24-14-4-3-12(7-15(14)25-2)13-9-26-17(19-13)20-16(21)18-8-11-5-6-27(22,23)10-11/h3-4,7,9,11H,5-6,8,10H2,1-2H3,(H2,18,19,20,21)/t11-/m1/s1. The van der Waals surface area contributed by atoms with E-state index in [0.717, 1.165) is 5.56 Å². The van der Waals surface area contributed by atoms with Crippen molar-refractivity contribution in [3.8, 4) is 22.8 Å². The lowest BCUT2D eigenvalue weighted by atomic mass is 10.1. The molecule has 2 amide bonds. The Morgan fingerprint density at radius 3 is 2.74 bits per heavy atom. The van der Waals surface area contributed by atoms with E-state index in [-0.39, 0.29) is 17.4 Å². The van der Waals surface area contributed by atoms with Crippen LogP contribution in [-0.2, 0) is 9.84 Å². The van der Waals surface area contributed by atoms with Gasteiger partial charge in [-0.25, -0.2) is 18.2 Å². The average molecular weight is 412 g/mol. The Labute approximate surface area is 161 Å². The van der Waals surface area contributed by atoms with Crippen LogP contribution in [0.15, 0.2) is 23.6 Å². The number of benzene rings is 1. The first-order chi connectivity index (χ1) is 12.9. The van der Waals surface area contributed by atoms with E-state index in [1.165, 1.54) is 11.3 Å². The summed E-state index contributed by atoms with van der Waals surface area (Å²) >= 11 is 1.30. The number of aromatic nitrogens is 1. The molecule has 0 unspecified atom stereocenters. The number of methoxy groups -OCH3 is 2. The zero-order valence-electron chi connectivity index (χ0n) is 15.0. The van der Waals surface area contributed by atoms with Gasteiger partial charge in [0, 0.05) is 17.5 Å². The Kier molecular flexibility index (Phi) is 5.85. The first-order valence-corrected chi connectivity index (χ1v) is 11.0. The van der Waals surface area contributed by atoms with Crippen LogP contribution in [0.2, 0.25) is 0 Å². The number of urea groups is 1. The summed E-state index contributed by atoms with van der Waals surface area (Å²) in [6.45, 7) is 0.332. The number of nitrogens with zero attached hydrogens (tertiary/aromatic N) is 1. The van der Waals surface area contributed by atoms with Gasteiger partial charge in [-0.3, -0.25) is 5.32 Å². The van der Waals surface area contributed by atoms with Crippen molar-refractivity contribution in [1.82, 2.24) is 10.3 Å². The molecule has 3 rings (SSSR count). The Morgan fingerprint density at radius 1 is 1.30 bits per heavy atom. The number of anilines is 1. The van der Waals surface area contributed by atoms with Gasteiger partial charge in [0.15, 0.2) is 26.5 Å². The Bertz CT molecular complexity index is 926. The quantitative estimate of drug-likeness (QED) is 0.756. The van der Waals surface area contributed by atoms with Gasteiger partial charge >= 0.3 is 6.03 Å². The Morgan fingerprint density at radius 2 is 2.07 bits per heavy atom. The minimum atomic E-state index is -2.94. The SMILES string of the molecule is COc1ccc(-c2csc(NC(=O)NC[C@H]3CCS(=O)(=O)C3)n2)cc1OC. The van der Waals surface area contributed by atoms with Gasteiger partial charge in [0.05, 0.1) is 31.4 Å². The highest BCUT2D eigenvalue weighted by atomic mass is 32.2. The van der Waals surface area contributed by atoms with Crippen molar-refractivity contribution in [3.05, 3.63) is 23.6 Å². The molecule has 1 aromatic carbocycles. The first kappa shape index (κ1) is 19.4. The van der Waals surface area contributed by atoms with Crippen LogP contribution in [0, 0.1) is 5.92 Å². The van der Waals surface area contributed by atoms with Crippen LogP contribution < -0.4 is 20.1 Å². The van der Waals surface area contributed by atoms with Crippen LogP contribution in [0.25, 0.3) is 11.3 Å². The molecule has 0 saturated carbocycles. The second-order valence-corrected chi connectivity index (χ2v) is 9.30. The van der Waals surface area contributed by atoms with Crippen molar-refractivity contribution < 1.29 is 22.7 Å². The molecule has 0 radical (unpaired) electrons. The lowest BCUT2D eigenvalue weighted by Gasteiger charge is -2.09. The fourth-order valence-corrected chi connectivity index (χ4v) is 5.45. The number of rotatable bonds is 6. The van der Waals surface area contributed by atoms with Crippen molar-refractivity contribution in [1.29, 1.82) is 0 Å². The van der Waals surface area contributed by atoms with Gasteiger partial charge < -0.3 is 14.8 Å². The minimum Gasteiger partial charge on any atom is -0.493 e. The normalized spacial score (nSPS) is 18.1. The molecule has 8 nitrogen and oxygen atoms in total. The number of thiazole rings is 1. The number of hydrogen-bond donors (Lipinski definition) is 2. The van der Waals surface area contributed by atoms with Gasteiger partial charge in [-0.15, -0.1) is 11.3 Å². The number of carbonyl (C=O) groups is 1. The lowest BCUT2D eigenvalue weighted by Crippen LogP contribution is -2.33. The van der Waals surface area contributed by atoms with Gasteiger partial charge in [-0.1, -0.05) is 0 Å². The van der Waals surface area contributed by atoms with Gasteiger partial charge in [0.25, 0.3) is 0 Å². The highest BCUT2D eigenvalue weighted by Gasteiger charge is 2.27. The van der Waals surface area contributed by atoms with Crippen LogP contribution in [0.4, 0.5) is 9.93 Å². The molecule has 146 valence electrons. The summed E-state index contributed by atoms with van der Waals surface area (Å²) in [5, 5.41) is 7.68. The predicted molar refractivity (Wildman–Crippen MR) is 104 cm³/mol. The number of sulfone groups is 1. The van der Waals surface area contributed by atoms with Crippen LogP contribution in [-0.4, -0.2) is 51.7 Å². The van der Waals surface area contributed by atoms with E-state index < -0.39 is 15.9 Å². The molecule has 2 N–H and O–H groups in total. The lowest BCUT2D eigenvalue weighted by molar-refractivity contribution is 0.250. The fraction of sp³-hybridized carbons (Fsp3) is 0.412. The molecule has 1 fully saturated rings. The molecular formula is C17H21N3O5S2. The van der Waals surface area contributed by atoms with Crippen LogP contribution in [0.1, 0.15) is 6.42 Å². The molecule has 2 aromatic rings. The molecule has 10 heteroatoms. The fourth-order valence-electron chi connectivity index (χ4n) is 2.87. The van der Waals surface area contributed by atoms with Crippen LogP contribution >= 0.6 is 11.3 Å². The van der Waals surface area contributed by atoms with E-state index in [4.69, 9.17) is 9.47 Å². The number of amides is 2. The van der Waals surface area contributed by atoms with Crippen molar-refractivity contribution in [2.75, 3.05) is 37.6 Å². The molecule has 0 bridgehead atoms. The topological polar surface area (TPSA) is 107 Å². The van der Waals surface area contributed by atoms with E-state index in [0.29, 0.717) is 35.3 Å². The molecule has 1 aliphatic rings. The molecule has 0 spiro atoms. The summed E-state index contributed by atoms with van der Waals surface area (Å²) in [6.07, 6.45) is 0.587. The van der Waals surface area contributed by atoms with Gasteiger partial charge in [0.1, 0.15) is 0 Å². The number of nitrogens with one attached hydrogen (secondary N) is 2. The predicted octanol–water partition coefficient (Wildman–Crippen LogP) is 2.38. The second kappa shape index (κ2) is 8.13. The molecule has 1 aromatic heterocycles. The van der Waals surface area contributed by atoms with Crippen molar-refractivity contribution >= 4 is 32.3 Å². The van der Waals surface area contributed by atoms with Crippen molar-refractivity contribution in [3.63, 3.8) is 0 Å². The molecule has 27 heavy (non-hydrogen) atoms. The molecule has 0 aliphatic carbocycles. The van der Waals surface area contributed by atoms with Gasteiger partial charge in [-0.2, -0.15) is 0 Å². The Balaban J connectivity index is 1.58. The summed E-state index contributed by atoms with van der Waals surface area (Å²) in [7, 11) is 0.195. The zero-order valence-corrected chi connectivity index (χ0v) is 16.7. The number of hydrogen-bond acceptors (Lipinski definition) is 7. The third-order valence-electron chi connectivity index (χ3n) is 4.28. The molecule has 1 saturated heterocycles. The largest absolute Gasteiger partial charge is 0.493 e. The minimum absolute atomic E-state index is 0.0284. The first-order valence-electron chi connectivity index (χ1n) is 8.33. The van der Waals surface area contributed by atoms with Crippen LogP contribution in [0.5, 0.6) is 11.5 Å². The maximum Gasteiger partial charge on any atom is 0.321 e. The Hall–Kier alpha value is -2.33. The smallest absolute Gasteiger partial charge is 0.321 e. The highest BCUT2D eigenvalue weighted by molar-refractivity contribution is 7.91. The molecule has 1 aliphatic heterocycles.